The third kappa shape index (κ3) is 1.87. The van der Waals surface area contributed by atoms with Crippen LogP contribution >= 0.6 is 15.9 Å². The van der Waals surface area contributed by atoms with Crippen LogP contribution in [0, 0.1) is 6.92 Å². The molecule has 1 aromatic carbocycles. The van der Waals surface area contributed by atoms with Crippen molar-refractivity contribution in [3.63, 3.8) is 0 Å². The second-order valence-corrected chi connectivity index (χ2v) is 5.69. The minimum absolute atomic E-state index is 0.0596. The third-order valence-electron chi connectivity index (χ3n) is 3.32. The zero-order chi connectivity index (χ0) is 14.4. The summed E-state index contributed by atoms with van der Waals surface area (Å²) in [5, 5.41) is 0.616. The van der Waals surface area contributed by atoms with Crippen LogP contribution in [0.3, 0.4) is 0 Å². The summed E-state index contributed by atoms with van der Waals surface area (Å²) >= 11 is 3.49. The van der Waals surface area contributed by atoms with Gasteiger partial charge in [0.25, 0.3) is 5.56 Å². The van der Waals surface area contributed by atoms with E-state index in [-0.39, 0.29) is 5.56 Å². The summed E-state index contributed by atoms with van der Waals surface area (Å²) in [6, 6.07) is 3.82. The van der Waals surface area contributed by atoms with Crippen molar-refractivity contribution < 1.29 is 0 Å². The molecule has 2 heterocycles. The molecule has 0 spiro atoms. The van der Waals surface area contributed by atoms with Gasteiger partial charge < -0.3 is 4.57 Å². The molecule has 0 aliphatic rings. The molecular weight excluding hydrogens is 320 g/mol. The summed E-state index contributed by atoms with van der Waals surface area (Å²) < 4.78 is 4.23. The first-order valence-corrected chi connectivity index (χ1v) is 6.92. The minimum atomic E-state index is -0.0596. The van der Waals surface area contributed by atoms with Crippen molar-refractivity contribution in [2.45, 2.75) is 6.92 Å². The molecule has 0 unspecified atom stereocenters. The van der Waals surface area contributed by atoms with E-state index in [0.717, 1.165) is 15.7 Å². The van der Waals surface area contributed by atoms with E-state index in [2.05, 4.69) is 25.9 Å². The molecule has 0 saturated carbocycles. The Morgan fingerprint density at radius 1 is 1.25 bits per heavy atom. The highest BCUT2D eigenvalue weighted by atomic mass is 79.9. The predicted octanol–water partition coefficient (Wildman–Crippen LogP) is 2.40. The molecule has 0 amide bonds. The standard InChI is InChI=1S/C14H13BrN4O/c1-8-4-9-12(10(15)5-8)17-13(19(3)14(9)20)11-6-16-7-18(11)2/h4-7H,1-3H3. The molecular formula is C14H13BrN4O. The van der Waals surface area contributed by atoms with Crippen molar-refractivity contribution in [2.24, 2.45) is 14.1 Å². The number of aromatic nitrogens is 4. The Morgan fingerprint density at radius 3 is 2.65 bits per heavy atom. The van der Waals surface area contributed by atoms with Crippen LogP contribution < -0.4 is 5.56 Å². The molecule has 0 aliphatic carbocycles. The number of benzene rings is 1. The lowest BCUT2D eigenvalue weighted by molar-refractivity contribution is 0.825. The number of hydrogen-bond donors (Lipinski definition) is 0. The number of nitrogens with zero attached hydrogens (tertiary/aromatic N) is 4. The molecule has 5 nitrogen and oxygen atoms in total. The smallest absolute Gasteiger partial charge is 0.261 e. The summed E-state index contributed by atoms with van der Waals surface area (Å²) in [7, 11) is 3.61. The van der Waals surface area contributed by atoms with Crippen molar-refractivity contribution in [3.05, 3.63) is 45.0 Å². The predicted molar refractivity (Wildman–Crippen MR) is 81.6 cm³/mol. The van der Waals surface area contributed by atoms with E-state index < -0.39 is 0 Å². The van der Waals surface area contributed by atoms with Gasteiger partial charge in [0.05, 0.1) is 23.4 Å². The van der Waals surface area contributed by atoms with Gasteiger partial charge in [-0.15, -0.1) is 0 Å². The van der Waals surface area contributed by atoms with Crippen molar-refractivity contribution in [3.8, 4) is 11.5 Å². The van der Waals surface area contributed by atoms with Crippen molar-refractivity contribution in [1.82, 2.24) is 19.1 Å². The van der Waals surface area contributed by atoms with Gasteiger partial charge in [0.2, 0.25) is 0 Å². The van der Waals surface area contributed by atoms with E-state index in [1.807, 2.05) is 30.7 Å². The van der Waals surface area contributed by atoms with Crippen LogP contribution in [-0.4, -0.2) is 19.1 Å². The normalized spacial score (nSPS) is 11.2. The van der Waals surface area contributed by atoms with Crippen LogP contribution in [0.5, 0.6) is 0 Å². The number of imidazole rings is 1. The summed E-state index contributed by atoms with van der Waals surface area (Å²) in [5.74, 6) is 0.604. The quantitative estimate of drug-likeness (QED) is 0.687. The van der Waals surface area contributed by atoms with Gasteiger partial charge >= 0.3 is 0 Å². The highest BCUT2D eigenvalue weighted by Gasteiger charge is 2.14. The van der Waals surface area contributed by atoms with E-state index in [0.29, 0.717) is 16.7 Å². The number of rotatable bonds is 1. The first-order chi connectivity index (χ1) is 9.49. The van der Waals surface area contributed by atoms with Gasteiger partial charge in [0, 0.05) is 18.6 Å². The molecule has 0 aliphatic heterocycles. The molecule has 0 radical (unpaired) electrons. The Morgan fingerprint density at radius 2 is 2.00 bits per heavy atom. The Kier molecular flexibility index (Phi) is 2.97. The van der Waals surface area contributed by atoms with E-state index in [1.165, 1.54) is 0 Å². The van der Waals surface area contributed by atoms with Gasteiger partial charge in [-0.05, 0) is 40.5 Å². The zero-order valence-corrected chi connectivity index (χ0v) is 13.0. The minimum Gasteiger partial charge on any atom is -0.331 e. The number of aryl methyl sites for hydroxylation is 2. The SMILES string of the molecule is Cc1cc(Br)c2nc(-c3cncn3C)n(C)c(=O)c2c1. The van der Waals surface area contributed by atoms with Gasteiger partial charge in [0.15, 0.2) is 5.82 Å². The maximum absolute atomic E-state index is 12.5. The average molecular weight is 333 g/mol. The second kappa shape index (κ2) is 4.56. The lowest BCUT2D eigenvalue weighted by Crippen LogP contribution is -2.21. The van der Waals surface area contributed by atoms with E-state index >= 15 is 0 Å². The summed E-state index contributed by atoms with van der Waals surface area (Å²) in [5.41, 5.74) is 2.45. The molecule has 20 heavy (non-hydrogen) atoms. The number of halogens is 1. The van der Waals surface area contributed by atoms with Crippen LogP contribution in [-0.2, 0) is 14.1 Å². The maximum atomic E-state index is 12.5. The molecule has 0 bridgehead atoms. The second-order valence-electron chi connectivity index (χ2n) is 4.83. The van der Waals surface area contributed by atoms with Crippen molar-refractivity contribution >= 4 is 26.8 Å². The van der Waals surface area contributed by atoms with Crippen LogP contribution in [0.1, 0.15) is 5.56 Å². The zero-order valence-electron chi connectivity index (χ0n) is 11.4. The largest absolute Gasteiger partial charge is 0.331 e. The lowest BCUT2D eigenvalue weighted by atomic mass is 10.1. The van der Waals surface area contributed by atoms with Gasteiger partial charge in [-0.2, -0.15) is 0 Å². The third-order valence-corrected chi connectivity index (χ3v) is 3.93. The number of hydrogen-bond acceptors (Lipinski definition) is 3. The van der Waals surface area contributed by atoms with Crippen LogP contribution in [0.2, 0.25) is 0 Å². The molecule has 0 atom stereocenters. The molecule has 3 aromatic rings. The van der Waals surface area contributed by atoms with Gasteiger partial charge in [-0.1, -0.05) is 0 Å². The van der Waals surface area contributed by atoms with Crippen LogP contribution in [0.25, 0.3) is 22.4 Å². The Labute approximate surface area is 124 Å². The van der Waals surface area contributed by atoms with E-state index in [4.69, 9.17) is 0 Å². The van der Waals surface area contributed by atoms with Crippen molar-refractivity contribution in [2.75, 3.05) is 0 Å². The van der Waals surface area contributed by atoms with E-state index in [9.17, 15) is 4.79 Å². The first kappa shape index (κ1) is 13.1. The summed E-state index contributed by atoms with van der Waals surface area (Å²) in [4.78, 5) is 21.2. The van der Waals surface area contributed by atoms with Crippen LogP contribution in [0.4, 0.5) is 0 Å². The van der Waals surface area contributed by atoms with Crippen molar-refractivity contribution in [1.29, 1.82) is 0 Å². The number of fused-ring (bicyclic) bond motifs is 1. The molecule has 0 fully saturated rings. The van der Waals surface area contributed by atoms with Crippen LogP contribution in [0.15, 0.2) is 33.9 Å². The summed E-state index contributed by atoms with van der Waals surface area (Å²) in [6.07, 6.45) is 3.39. The van der Waals surface area contributed by atoms with Gasteiger partial charge in [-0.25, -0.2) is 9.97 Å². The lowest BCUT2D eigenvalue weighted by Gasteiger charge is -2.10. The Balaban J connectivity index is 2.45. The highest BCUT2D eigenvalue weighted by Crippen LogP contribution is 2.24. The monoisotopic (exact) mass is 332 g/mol. The summed E-state index contributed by atoms with van der Waals surface area (Å²) in [6.45, 7) is 1.96. The fourth-order valence-corrected chi connectivity index (χ4v) is 2.93. The molecule has 0 N–H and O–H groups in total. The molecule has 0 saturated heterocycles. The topological polar surface area (TPSA) is 52.7 Å². The Hall–Kier alpha value is -1.95. The molecule has 3 rings (SSSR count). The first-order valence-electron chi connectivity index (χ1n) is 6.12. The fourth-order valence-electron chi connectivity index (χ4n) is 2.27. The molecule has 102 valence electrons. The van der Waals surface area contributed by atoms with Gasteiger partial charge in [-0.3, -0.25) is 9.36 Å². The Bertz CT molecular complexity index is 879. The van der Waals surface area contributed by atoms with E-state index in [1.54, 1.807) is 24.1 Å². The fraction of sp³-hybridized carbons (Fsp3) is 0.214. The molecule has 6 heteroatoms. The maximum Gasteiger partial charge on any atom is 0.261 e. The average Bonchev–Trinajstić information content (AvgIpc) is 2.81. The van der Waals surface area contributed by atoms with Gasteiger partial charge in [0.1, 0.15) is 5.69 Å². The molecule has 2 aromatic heterocycles. The highest BCUT2D eigenvalue weighted by molar-refractivity contribution is 9.10.